The number of rotatable bonds is 2. The minimum Gasteiger partial charge on any atom is -0.481 e. The van der Waals surface area contributed by atoms with Gasteiger partial charge in [-0.2, -0.15) is 0 Å². The van der Waals surface area contributed by atoms with Crippen molar-refractivity contribution in [3.8, 4) is 0 Å². The maximum absolute atomic E-state index is 12.4. The molecule has 21 heavy (non-hydrogen) atoms. The number of piperidine rings is 1. The van der Waals surface area contributed by atoms with Crippen LogP contribution >= 0.6 is 0 Å². The van der Waals surface area contributed by atoms with Gasteiger partial charge in [-0.05, 0) is 39.7 Å². The highest BCUT2D eigenvalue weighted by Gasteiger charge is 2.44. The second kappa shape index (κ2) is 5.51. The van der Waals surface area contributed by atoms with Crippen LogP contribution in [0.5, 0.6) is 0 Å². The molecule has 114 valence electrons. The van der Waals surface area contributed by atoms with E-state index < -0.39 is 23.5 Å². The zero-order chi connectivity index (χ0) is 15.8. The van der Waals surface area contributed by atoms with Crippen molar-refractivity contribution >= 4 is 11.9 Å². The lowest BCUT2D eigenvalue weighted by Crippen LogP contribution is -2.53. The number of carboxylic acid groups (broad SMARTS) is 1. The third kappa shape index (κ3) is 3.09. The Morgan fingerprint density at radius 1 is 1.33 bits per heavy atom. The topological polar surface area (TPSA) is 57.6 Å². The standard InChI is InChI=1S/C17H23NO3/c1-11-6-5-7-12(10-11)15-13(16(20)21)8-9-14(19)18(15)17(2,3)4/h5-7,10,13,15H,8-9H2,1-4H3,(H,20,21). The van der Waals surface area contributed by atoms with Gasteiger partial charge in [0.2, 0.25) is 5.91 Å². The fraction of sp³-hybridized carbons (Fsp3) is 0.529. The lowest BCUT2D eigenvalue weighted by Gasteiger charge is -2.47. The van der Waals surface area contributed by atoms with E-state index in [1.54, 1.807) is 4.90 Å². The predicted molar refractivity (Wildman–Crippen MR) is 80.9 cm³/mol. The van der Waals surface area contributed by atoms with E-state index in [0.717, 1.165) is 11.1 Å². The molecular formula is C17H23NO3. The van der Waals surface area contributed by atoms with Crippen molar-refractivity contribution in [1.29, 1.82) is 0 Å². The predicted octanol–water partition coefficient (Wildman–Crippen LogP) is 3.16. The molecule has 1 aliphatic heterocycles. The summed E-state index contributed by atoms with van der Waals surface area (Å²) >= 11 is 0. The molecule has 1 aromatic carbocycles. The van der Waals surface area contributed by atoms with Gasteiger partial charge < -0.3 is 10.0 Å². The number of benzene rings is 1. The first kappa shape index (κ1) is 15.5. The molecule has 1 amide bonds. The lowest BCUT2D eigenvalue weighted by atomic mass is 9.81. The summed E-state index contributed by atoms with van der Waals surface area (Å²) in [6, 6.07) is 7.40. The summed E-state index contributed by atoms with van der Waals surface area (Å²) < 4.78 is 0. The first-order chi connectivity index (χ1) is 9.71. The van der Waals surface area contributed by atoms with Gasteiger partial charge in [-0.15, -0.1) is 0 Å². The number of carboxylic acids is 1. The molecule has 1 heterocycles. The zero-order valence-electron chi connectivity index (χ0n) is 13.1. The molecule has 1 fully saturated rings. The first-order valence-corrected chi connectivity index (χ1v) is 7.33. The van der Waals surface area contributed by atoms with Crippen LogP contribution in [0.3, 0.4) is 0 Å². The fourth-order valence-corrected chi connectivity index (χ4v) is 3.18. The van der Waals surface area contributed by atoms with Crippen LogP contribution in [0.15, 0.2) is 24.3 Å². The monoisotopic (exact) mass is 289 g/mol. The number of likely N-dealkylation sites (tertiary alicyclic amines) is 1. The van der Waals surface area contributed by atoms with Crippen molar-refractivity contribution in [2.45, 2.75) is 52.1 Å². The van der Waals surface area contributed by atoms with Crippen molar-refractivity contribution < 1.29 is 14.7 Å². The van der Waals surface area contributed by atoms with Crippen molar-refractivity contribution in [1.82, 2.24) is 4.90 Å². The molecular weight excluding hydrogens is 266 g/mol. The van der Waals surface area contributed by atoms with E-state index in [2.05, 4.69) is 0 Å². The fourth-order valence-electron chi connectivity index (χ4n) is 3.18. The third-order valence-corrected chi connectivity index (χ3v) is 4.02. The Morgan fingerprint density at radius 2 is 2.00 bits per heavy atom. The maximum Gasteiger partial charge on any atom is 0.308 e. The molecule has 2 rings (SSSR count). The summed E-state index contributed by atoms with van der Waals surface area (Å²) in [5.74, 6) is -1.35. The highest BCUT2D eigenvalue weighted by molar-refractivity contribution is 5.82. The van der Waals surface area contributed by atoms with Gasteiger partial charge in [0.25, 0.3) is 0 Å². The average Bonchev–Trinajstić information content (AvgIpc) is 2.36. The van der Waals surface area contributed by atoms with Crippen LogP contribution in [0.4, 0.5) is 0 Å². The Morgan fingerprint density at radius 3 is 2.52 bits per heavy atom. The van der Waals surface area contributed by atoms with Gasteiger partial charge >= 0.3 is 5.97 Å². The van der Waals surface area contributed by atoms with Gasteiger partial charge in [0.15, 0.2) is 0 Å². The zero-order valence-corrected chi connectivity index (χ0v) is 13.1. The van der Waals surface area contributed by atoms with E-state index in [1.807, 2.05) is 52.0 Å². The lowest BCUT2D eigenvalue weighted by molar-refractivity contribution is -0.156. The van der Waals surface area contributed by atoms with Crippen molar-refractivity contribution in [3.05, 3.63) is 35.4 Å². The van der Waals surface area contributed by atoms with Crippen LogP contribution in [0.25, 0.3) is 0 Å². The molecule has 1 aromatic rings. The molecule has 0 spiro atoms. The maximum atomic E-state index is 12.4. The number of carbonyl (C=O) groups excluding carboxylic acids is 1. The Labute approximate surface area is 125 Å². The molecule has 1 saturated heterocycles. The minimum atomic E-state index is -0.830. The Hall–Kier alpha value is -1.84. The molecule has 0 bridgehead atoms. The van der Waals surface area contributed by atoms with Gasteiger partial charge in [-0.3, -0.25) is 9.59 Å². The molecule has 1 N–H and O–H groups in total. The summed E-state index contributed by atoms with van der Waals surface area (Å²) in [6.07, 6.45) is 0.704. The largest absolute Gasteiger partial charge is 0.481 e. The number of amides is 1. The number of hydrogen-bond donors (Lipinski definition) is 1. The van der Waals surface area contributed by atoms with Crippen molar-refractivity contribution in [2.75, 3.05) is 0 Å². The molecule has 0 radical (unpaired) electrons. The van der Waals surface area contributed by atoms with E-state index in [-0.39, 0.29) is 5.91 Å². The Bertz CT molecular complexity index is 559. The number of nitrogens with zero attached hydrogens (tertiary/aromatic N) is 1. The van der Waals surface area contributed by atoms with Crippen LogP contribution in [0.1, 0.15) is 50.8 Å². The average molecular weight is 289 g/mol. The molecule has 2 unspecified atom stereocenters. The smallest absolute Gasteiger partial charge is 0.308 e. The van der Waals surface area contributed by atoms with E-state index in [4.69, 9.17) is 0 Å². The van der Waals surface area contributed by atoms with Gasteiger partial charge in [-0.25, -0.2) is 0 Å². The summed E-state index contributed by atoms with van der Waals surface area (Å²) in [5, 5.41) is 9.57. The van der Waals surface area contributed by atoms with Gasteiger partial charge in [0.05, 0.1) is 12.0 Å². The highest BCUT2D eigenvalue weighted by Crippen LogP contribution is 2.41. The summed E-state index contributed by atoms with van der Waals surface area (Å²) in [4.78, 5) is 25.8. The van der Waals surface area contributed by atoms with E-state index in [1.165, 1.54) is 0 Å². The van der Waals surface area contributed by atoms with Crippen molar-refractivity contribution in [2.24, 2.45) is 5.92 Å². The molecule has 0 saturated carbocycles. The molecule has 2 atom stereocenters. The normalized spacial score (nSPS) is 23.2. The molecule has 4 nitrogen and oxygen atoms in total. The van der Waals surface area contributed by atoms with Gasteiger partial charge in [0.1, 0.15) is 0 Å². The van der Waals surface area contributed by atoms with E-state index >= 15 is 0 Å². The van der Waals surface area contributed by atoms with Crippen LogP contribution in [-0.2, 0) is 9.59 Å². The number of carbonyl (C=O) groups is 2. The first-order valence-electron chi connectivity index (χ1n) is 7.33. The van der Waals surface area contributed by atoms with Crippen LogP contribution in [0.2, 0.25) is 0 Å². The number of aliphatic carboxylic acids is 1. The number of aryl methyl sites for hydroxylation is 1. The summed E-state index contributed by atoms with van der Waals surface area (Å²) in [5.41, 5.74) is 1.58. The molecule has 0 aromatic heterocycles. The minimum absolute atomic E-state index is 0.0338. The Kier molecular flexibility index (Phi) is 4.08. The number of hydrogen-bond acceptors (Lipinski definition) is 2. The molecule has 0 aliphatic carbocycles. The summed E-state index contributed by atoms with van der Waals surface area (Å²) in [7, 11) is 0. The quantitative estimate of drug-likeness (QED) is 0.910. The van der Waals surface area contributed by atoms with Crippen LogP contribution in [-0.4, -0.2) is 27.4 Å². The van der Waals surface area contributed by atoms with Crippen LogP contribution in [0, 0.1) is 12.8 Å². The highest BCUT2D eigenvalue weighted by atomic mass is 16.4. The molecule has 4 heteroatoms. The Balaban J connectivity index is 2.54. The second-order valence-electron chi connectivity index (χ2n) is 6.78. The van der Waals surface area contributed by atoms with E-state index in [0.29, 0.717) is 12.8 Å². The second-order valence-corrected chi connectivity index (χ2v) is 6.78. The third-order valence-electron chi connectivity index (χ3n) is 4.02. The van der Waals surface area contributed by atoms with Crippen LogP contribution < -0.4 is 0 Å². The van der Waals surface area contributed by atoms with E-state index in [9.17, 15) is 14.7 Å². The van der Waals surface area contributed by atoms with Gasteiger partial charge in [-0.1, -0.05) is 29.8 Å². The van der Waals surface area contributed by atoms with Gasteiger partial charge in [0, 0.05) is 12.0 Å². The SMILES string of the molecule is Cc1cccc(C2C(C(=O)O)CCC(=O)N2C(C)(C)C)c1. The summed E-state index contributed by atoms with van der Waals surface area (Å²) in [6.45, 7) is 7.85. The molecule has 1 aliphatic rings. The van der Waals surface area contributed by atoms with Crippen molar-refractivity contribution in [3.63, 3.8) is 0 Å².